The molecule has 1 saturated heterocycles. The van der Waals surface area contributed by atoms with Crippen LogP contribution in [0.5, 0.6) is 0 Å². The van der Waals surface area contributed by atoms with Crippen LogP contribution in [0, 0.1) is 5.92 Å². The summed E-state index contributed by atoms with van der Waals surface area (Å²) >= 11 is 0. The normalized spacial score (nSPS) is 27.3. The molecule has 1 amide bonds. The van der Waals surface area contributed by atoms with Gasteiger partial charge in [-0.1, -0.05) is 13.0 Å². The third-order valence-electron chi connectivity index (χ3n) is 2.87. The largest absolute Gasteiger partial charge is 0.352 e. The molecule has 4 heteroatoms. The Morgan fingerprint density at radius 1 is 1.73 bits per heavy atom. The number of likely N-dealkylation sites (tertiary alicyclic amines) is 1. The van der Waals surface area contributed by atoms with Gasteiger partial charge in [0, 0.05) is 25.7 Å². The molecular formula is C11H21N3O. The minimum atomic E-state index is 0.0672. The summed E-state index contributed by atoms with van der Waals surface area (Å²) in [6.07, 6.45) is 2.67. The molecular weight excluding hydrogens is 190 g/mol. The van der Waals surface area contributed by atoms with E-state index in [4.69, 9.17) is 5.73 Å². The Balaban J connectivity index is 2.27. The molecule has 1 rings (SSSR count). The smallest absolute Gasteiger partial charge is 0.234 e. The molecule has 0 aromatic carbocycles. The topological polar surface area (TPSA) is 58.4 Å². The molecule has 0 aromatic heterocycles. The predicted octanol–water partition coefficient (Wildman–Crippen LogP) is -0.0423. The molecule has 15 heavy (non-hydrogen) atoms. The number of nitrogens with one attached hydrogen (secondary N) is 1. The van der Waals surface area contributed by atoms with Crippen LogP contribution in [0.4, 0.5) is 0 Å². The van der Waals surface area contributed by atoms with E-state index in [1.807, 2.05) is 0 Å². The van der Waals surface area contributed by atoms with Crippen LogP contribution < -0.4 is 11.1 Å². The minimum Gasteiger partial charge on any atom is -0.352 e. The molecule has 4 nitrogen and oxygen atoms in total. The highest BCUT2D eigenvalue weighted by Crippen LogP contribution is 2.13. The number of hydrogen-bond acceptors (Lipinski definition) is 3. The summed E-state index contributed by atoms with van der Waals surface area (Å²) in [5.41, 5.74) is 5.91. The lowest BCUT2D eigenvalue weighted by Crippen LogP contribution is -2.48. The van der Waals surface area contributed by atoms with Gasteiger partial charge in [-0.25, -0.2) is 0 Å². The molecule has 1 aliphatic rings. The van der Waals surface area contributed by atoms with E-state index in [0.29, 0.717) is 19.0 Å². The van der Waals surface area contributed by atoms with Crippen LogP contribution in [-0.4, -0.2) is 43.0 Å². The van der Waals surface area contributed by atoms with Gasteiger partial charge in [0.05, 0.1) is 6.54 Å². The maximum Gasteiger partial charge on any atom is 0.234 e. The first-order valence-electron chi connectivity index (χ1n) is 5.49. The van der Waals surface area contributed by atoms with Gasteiger partial charge >= 0.3 is 0 Å². The van der Waals surface area contributed by atoms with E-state index in [9.17, 15) is 4.79 Å². The summed E-state index contributed by atoms with van der Waals surface area (Å²) in [4.78, 5) is 13.6. The highest BCUT2D eigenvalue weighted by atomic mass is 16.2. The second kappa shape index (κ2) is 5.88. The summed E-state index contributed by atoms with van der Waals surface area (Å²) in [5, 5.41) is 2.78. The molecule has 0 bridgehead atoms. The van der Waals surface area contributed by atoms with Gasteiger partial charge < -0.3 is 11.1 Å². The maximum absolute atomic E-state index is 11.4. The fraction of sp³-hybridized carbons (Fsp3) is 0.727. The number of nitrogens with zero attached hydrogens (tertiary/aromatic N) is 1. The fourth-order valence-electron chi connectivity index (χ4n) is 1.84. The van der Waals surface area contributed by atoms with Gasteiger partial charge in [0.2, 0.25) is 5.91 Å². The number of rotatable bonds is 4. The molecule has 0 aromatic rings. The van der Waals surface area contributed by atoms with Gasteiger partial charge in [0.15, 0.2) is 0 Å². The lowest BCUT2D eigenvalue weighted by Gasteiger charge is -2.34. The highest BCUT2D eigenvalue weighted by Gasteiger charge is 2.23. The Bertz CT molecular complexity index is 230. The van der Waals surface area contributed by atoms with Crippen molar-refractivity contribution in [2.24, 2.45) is 11.7 Å². The van der Waals surface area contributed by atoms with E-state index >= 15 is 0 Å². The zero-order valence-corrected chi connectivity index (χ0v) is 9.41. The van der Waals surface area contributed by atoms with Crippen molar-refractivity contribution in [3.63, 3.8) is 0 Å². The quantitative estimate of drug-likeness (QED) is 0.641. The first-order valence-corrected chi connectivity index (χ1v) is 5.49. The predicted molar refractivity (Wildman–Crippen MR) is 61.4 cm³/mol. The van der Waals surface area contributed by atoms with Gasteiger partial charge in [-0.2, -0.15) is 0 Å². The fourth-order valence-corrected chi connectivity index (χ4v) is 1.84. The summed E-state index contributed by atoms with van der Waals surface area (Å²) in [6, 6.07) is 0.289. The Hall–Kier alpha value is -0.870. The zero-order valence-electron chi connectivity index (χ0n) is 9.41. The van der Waals surface area contributed by atoms with E-state index in [-0.39, 0.29) is 11.9 Å². The van der Waals surface area contributed by atoms with Crippen LogP contribution in [0.1, 0.15) is 13.3 Å². The molecule has 0 radical (unpaired) electrons. The molecule has 0 saturated carbocycles. The first-order chi connectivity index (χ1) is 7.13. The molecule has 2 atom stereocenters. The molecule has 1 heterocycles. The van der Waals surface area contributed by atoms with Gasteiger partial charge in [0.25, 0.3) is 0 Å². The Kier molecular flexibility index (Phi) is 4.78. The van der Waals surface area contributed by atoms with Crippen LogP contribution in [-0.2, 0) is 4.79 Å². The monoisotopic (exact) mass is 211 g/mol. The van der Waals surface area contributed by atoms with E-state index in [1.165, 1.54) is 0 Å². The van der Waals surface area contributed by atoms with Crippen molar-refractivity contribution >= 4 is 5.91 Å². The van der Waals surface area contributed by atoms with Crippen LogP contribution >= 0.6 is 0 Å². The molecule has 1 fully saturated rings. The maximum atomic E-state index is 11.4. The average Bonchev–Trinajstić information content (AvgIpc) is 2.20. The standard InChI is InChI=1S/C11H21N3O/c1-3-5-13-11(15)8-14-6-4-10(12)9(2)7-14/h3,9-10H,1,4-8,12H2,2H3,(H,13,15). The Labute approximate surface area is 91.5 Å². The molecule has 2 unspecified atom stereocenters. The molecule has 86 valence electrons. The summed E-state index contributed by atoms with van der Waals surface area (Å²) < 4.78 is 0. The second-order valence-corrected chi connectivity index (χ2v) is 4.26. The Morgan fingerprint density at radius 2 is 2.47 bits per heavy atom. The summed E-state index contributed by atoms with van der Waals surface area (Å²) in [5.74, 6) is 0.545. The van der Waals surface area contributed by atoms with Crippen LogP contribution in [0.15, 0.2) is 12.7 Å². The summed E-state index contributed by atoms with van der Waals surface area (Å²) in [6.45, 7) is 8.56. The van der Waals surface area contributed by atoms with Crippen molar-refractivity contribution in [1.82, 2.24) is 10.2 Å². The number of piperidine rings is 1. The highest BCUT2D eigenvalue weighted by molar-refractivity contribution is 5.78. The van der Waals surface area contributed by atoms with Gasteiger partial charge in [0.1, 0.15) is 0 Å². The molecule has 3 N–H and O–H groups in total. The second-order valence-electron chi connectivity index (χ2n) is 4.26. The van der Waals surface area contributed by atoms with Gasteiger partial charge in [-0.15, -0.1) is 6.58 Å². The van der Waals surface area contributed by atoms with Crippen LogP contribution in [0.3, 0.4) is 0 Å². The van der Waals surface area contributed by atoms with Crippen molar-refractivity contribution < 1.29 is 4.79 Å². The van der Waals surface area contributed by atoms with E-state index < -0.39 is 0 Å². The number of carbonyl (C=O) groups is 1. The minimum absolute atomic E-state index is 0.0672. The van der Waals surface area contributed by atoms with Crippen molar-refractivity contribution in [2.75, 3.05) is 26.2 Å². The Morgan fingerprint density at radius 3 is 3.07 bits per heavy atom. The van der Waals surface area contributed by atoms with Crippen molar-refractivity contribution in [3.8, 4) is 0 Å². The number of hydrogen-bond donors (Lipinski definition) is 2. The third-order valence-corrected chi connectivity index (χ3v) is 2.87. The lowest BCUT2D eigenvalue weighted by atomic mass is 9.95. The molecule has 1 aliphatic heterocycles. The van der Waals surface area contributed by atoms with E-state index in [1.54, 1.807) is 6.08 Å². The number of carbonyl (C=O) groups excluding carboxylic acids is 1. The average molecular weight is 211 g/mol. The third kappa shape index (κ3) is 4.01. The lowest BCUT2D eigenvalue weighted by molar-refractivity contribution is -0.122. The van der Waals surface area contributed by atoms with Gasteiger partial charge in [-0.05, 0) is 12.3 Å². The zero-order chi connectivity index (χ0) is 11.3. The van der Waals surface area contributed by atoms with Crippen molar-refractivity contribution in [2.45, 2.75) is 19.4 Å². The first kappa shape index (κ1) is 12.2. The van der Waals surface area contributed by atoms with Crippen molar-refractivity contribution in [3.05, 3.63) is 12.7 Å². The van der Waals surface area contributed by atoms with E-state index in [0.717, 1.165) is 19.5 Å². The summed E-state index contributed by atoms with van der Waals surface area (Å²) in [7, 11) is 0. The number of nitrogens with two attached hydrogens (primary N) is 1. The van der Waals surface area contributed by atoms with Crippen molar-refractivity contribution in [1.29, 1.82) is 0 Å². The van der Waals surface area contributed by atoms with E-state index in [2.05, 4.69) is 23.7 Å². The molecule has 0 spiro atoms. The van der Waals surface area contributed by atoms with Crippen LogP contribution in [0.2, 0.25) is 0 Å². The van der Waals surface area contributed by atoms with Gasteiger partial charge in [-0.3, -0.25) is 9.69 Å². The number of amides is 1. The van der Waals surface area contributed by atoms with Crippen LogP contribution in [0.25, 0.3) is 0 Å². The molecule has 0 aliphatic carbocycles. The SMILES string of the molecule is C=CCNC(=O)CN1CCC(N)C(C)C1.